The number of carbonyl (C=O) groups excluding carboxylic acids is 1. The van der Waals surface area contributed by atoms with Gasteiger partial charge in [-0.05, 0) is 42.4 Å². The summed E-state index contributed by atoms with van der Waals surface area (Å²) < 4.78 is 3.71. The van der Waals surface area contributed by atoms with Gasteiger partial charge in [0.25, 0.3) is 0 Å². The molecule has 6 heteroatoms. The quantitative estimate of drug-likeness (QED) is 0.370. The Kier molecular flexibility index (Phi) is 4.17. The van der Waals surface area contributed by atoms with Gasteiger partial charge in [0.05, 0.1) is 0 Å². The first-order valence-electron chi connectivity index (χ1n) is 4.92. The highest BCUT2D eigenvalue weighted by Crippen LogP contribution is 2.40. The molecule has 1 saturated heterocycles. The predicted molar refractivity (Wildman–Crippen MR) is 66.5 cm³/mol. The van der Waals surface area contributed by atoms with E-state index in [0.717, 1.165) is 0 Å². The molecule has 0 spiro atoms. The van der Waals surface area contributed by atoms with Crippen molar-refractivity contribution in [2.45, 2.75) is 29.4 Å². The van der Waals surface area contributed by atoms with E-state index in [-0.39, 0.29) is 12.6 Å². The lowest BCUT2D eigenvalue weighted by molar-refractivity contribution is -0.143. The number of nitrogens with zero attached hydrogens (tertiary/aromatic N) is 1. The third-order valence-electron chi connectivity index (χ3n) is 2.57. The van der Waals surface area contributed by atoms with Gasteiger partial charge >= 0.3 is 12.1 Å². The molecule has 1 amide bonds. The lowest BCUT2D eigenvalue weighted by atomic mass is 10.2. The molecule has 16 heavy (non-hydrogen) atoms. The molecule has 0 aromatic rings. The molecule has 0 aromatic heterocycles. The second-order valence-electron chi connectivity index (χ2n) is 3.69. The smallest absolute Gasteiger partial charge is 0.411 e. The number of hydrogen-bond acceptors (Lipinski definition) is 3. The number of likely N-dealkylation sites (tertiary alicyclic amines) is 1. The van der Waals surface area contributed by atoms with Gasteiger partial charge in [-0.25, -0.2) is 9.59 Å². The van der Waals surface area contributed by atoms with Crippen LogP contribution in [0.3, 0.4) is 0 Å². The van der Waals surface area contributed by atoms with Crippen LogP contribution in [0.15, 0.2) is 12.7 Å². The Labute approximate surface area is 108 Å². The lowest BCUT2D eigenvalue weighted by Crippen LogP contribution is -2.51. The molecule has 5 nitrogen and oxygen atoms in total. The van der Waals surface area contributed by atoms with Crippen molar-refractivity contribution in [3.63, 3.8) is 0 Å². The van der Waals surface area contributed by atoms with Crippen LogP contribution in [0.25, 0.3) is 0 Å². The number of rotatable bonds is 3. The van der Waals surface area contributed by atoms with Gasteiger partial charge in [0.1, 0.15) is 6.61 Å². The average Bonchev–Trinajstić information content (AvgIpc) is 2.53. The molecule has 90 valence electrons. The maximum Gasteiger partial charge on any atom is 0.411 e. The number of carboxylic acids is 1. The van der Waals surface area contributed by atoms with E-state index >= 15 is 0 Å². The van der Waals surface area contributed by atoms with Gasteiger partial charge < -0.3 is 9.84 Å². The molecular formula is C10H14INO4. The summed E-state index contributed by atoms with van der Waals surface area (Å²) in [6.45, 7) is 5.35. The fourth-order valence-corrected chi connectivity index (χ4v) is 2.72. The van der Waals surface area contributed by atoms with Crippen LogP contribution in [0.4, 0.5) is 4.79 Å². The first-order chi connectivity index (χ1) is 7.43. The molecule has 2 atom stereocenters. The van der Waals surface area contributed by atoms with Crippen molar-refractivity contribution >= 4 is 34.7 Å². The van der Waals surface area contributed by atoms with Gasteiger partial charge in [-0.1, -0.05) is 12.7 Å². The molecule has 0 aliphatic carbocycles. The number of carbonyl (C=O) groups is 2. The van der Waals surface area contributed by atoms with Crippen LogP contribution >= 0.6 is 22.6 Å². The Morgan fingerprint density at radius 2 is 2.38 bits per heavy atom. The topological polar surface area (TPSA) is 66.8 Å². The first kappa shape index (κ1) is 13.3. The van der Waals surface area contributed by atoms with Gasteiger partial charge in [-0.3, -0.25) is 4.90 Å². The van der Waals surface area contributed by atoms with Crippen LogP contribution < -0.4 is 0 Å². The van der Waals surface area contributed by atoms with Gasteiger partial charge in [0, 0.05) is 6.04 Å². The molecule has 2 unspecified atom stereocenters. The molecule has 0 radical (unpaired) electrons. The van der Waals surface area contributed by atoms with Crippen LogP contribution in [0, 0.1) is 0 Å². The maximum atomic E-state index is 11.7. The number of carboxylic acid groups (broad SMARTS) is 1. The Morgan fingerprint density at radius 1 is 1.75 bits per heavy atom. The molecular weight excluding hydrogens is 325 g/mol. The van der Waals surface area contributed by atoms with Gasteiger partial charge in [0.2, 0.25) is 0 Å². The molecule has 1 N–H and O–H groups in total. The van der Waals surface area contributed by atoms with Crippen LogP contribution in [-0.4, -0.2) is 38.3 Å². The van der Waals surface area contributed by atoms with Crippen LogP contribution in [-0.2, 0) is 9.53 Å². The van der Waals surface area contributed by atoms with E-state index in [1.54, 1.807) is 22.6 Å². The minimum atomic E-state index is -1.19. The molecule has 0 saturated carbocycles. The molecule has 1 rings (SSSR count). The minimum absolute atomic E-state index is 0.0917. The number of halogens is 1. The Bertz CT molecular complexity index is 320. The number of hydrogen-bond donors (Lipinski definition) is 1. The van der Waals surface area contributed by atoms with E-state index in [1.807, 2.05) is 6.92 Å². The van der Waals surface area contributed by atoms with Crippen LogP contribution in [0.5, 0.6) is 0 Å². The second-order valence-corrected chi connectivity index (χ2v) is 5.47. The van der Waals surface area contributed by atoms with Crippen molar-refractivity contribution in [1.82, 2.24) is 4.90 Å². The van der Waals surface area contributed by atoms with E-state index in [1.165, 1.54) is 11.0 Å². The Hall–Kier alpha value is -0.790. The summed E-state index contributed by atoms with van der Waals surface area (Å²) in [5.41, 5.74) is 0. The summed E-state index contributed by atoms with van der Waals surface area (Å²) in [6.07, 6.45) is 1.96. The second kappa shape index (κ2) is 5.03. The molecule has 0 bridgehead atoms. The largest absolute Gasteiger partial charge is 0.479 e. The monoisotopic (exact) mass is 339 g/mol. The molecule has 0 aromatic carbocycles. The maximum absolute atomic E-state index is 11.7. The van der Waals surface area contributed by atoms with Crippen LogP contribution in [0.2, 0.25) is 0 Å². The van der Waals surface area contributed by atoms with E-state index < -0.39 is 15.6 Å². The normalized spacial score (nSPS) is 28.9. The Morgan fingerprint density at radius 3 is 2.88 bits per heavy atom. The van der Waals surface area contributed by atoms with Crippen molar-refractivity contribution in [3.8, 4) is 0 Å². The van der Waals surface area contributed by atoms with Crippen molar-refractivity contribution in [1.29, 1.82) is 0 Å². The first-order valence-corrected chi connectivity index (χ1v) is 6.00. The van der Waals surface area contributed by atoms with Gasteiger partial charge in [-0.2, -0.15) is 0 Å². The van der Waals surface area contributed by atoms with Crippen molar-refractivity contribution in [2.75, 3.05) is 6.61 Å². The van der Waals surface area contributed by atoms with E-state index in [9.17, 15) is 9.59 Å². The molecule has 1 fully saturated rings. The highest BCUT2D eigenvalue weighted by Gasteiger charge is 2.52. The van der Waals surface area contributed by atoms with Gasteiger partial charge in [-0.15, -0.1) is 0 Å². The predicted octanol–water partition coefficient (Wildman–Crippen LogP) is 2.01. The standard InChI is InChI=1S/C10H14INO4/c1-3-6-16-9(15)12-7(2)4-5-10(12,11)8(13)14/h3,7H,1,4-6H2,2H3,(H,13,14). The number of ether oxygens (including phenoxy) is 1. The zero-order valence-corrected chi connectivity index (χ0v) is 11.1. The molecule has 1 heterocycles. The SMILES string of the molecule is C=CCOC(=O)N1C(C)CCC1(I)C(=O)O. The molecule has 1 aliphatic heterocycles. The minimum Gasteiger partial charge on any atom is -0.479 e. The average molecular weight is 339 g/mol. The highest BCUT2D eigenvalue weighted by molar-refractivity contribution is 14.1. The van der Waals surface area contributed by atoms with E-state index in [0.29, 0.717) is 12.8 Å². The number of aliphatic carboxylic acids is 1. The summed E-state index contributed by atoms with van der Waals surface area (Å²) >= 11 is 1.80. The van der Waals surface area contributed by atoms with Crippen molar-refractivity contribution in [2.24, 2.45) is 0 Å². The summed E-state index contributed by atoms with van der Waals surface area (Å²) in [5, 5.41) is 9.16. The molecule has 1 aliphatic rings. The summed E-state index contributed by atoms with van der Waals surface area (Å²) in [7, 11) is 0. The lowest BCUT2D eigenvalue weighted by Gasteiger charge is -2.31. The third-order valence-corrected chi connectivity index (χ3v) is 4.09. The highest BCUT2D eigenvalue weighted by atomic mass is 127. The number of amides is 1. The summed E-state index contributed by atoms with van der Waals surface area (Å²) in [6, 6.07) is -0.120. The van der Waals surface area contributed by atoms with E-state index in [4.69, 9.17) is 9.84 Å². The zero-order chi connectivity index (χ0) is 12.3. The Balaban J connectivity index is 2.85. The fourth-order valence-electron chi connectivity index (χ4n) is 1.73. The summed E-state index contributed by atoms with van der Waals surface area (Å²) in [4.78, 5) is 24.2. The van der Waals surface area contributed by atoms with Gasteiger partial charge in [0.15, 0.2) is 3.55 Å². The third kappa shape index (κ3) is 2.31. The van der Waals surface area contributed by atoms with Crippen molar-refractivity contribution in [3.05, 3.63) is 12.7 Å². The summed E-state index contributed by atoms with van der Waals surface area (Å²) in [5.74, 6) is -1.01. The van der Waals surface area contributed by atoms with Crippen molar-refractivity contribution < 1.29 is 19.4 Å². The number of alkyl halides is 1. The van der Waals surface area contributed by atoms with E-state index in [2.05, 4.69) is 6.58 Å². The fraction of sp³-hybridized carbons (Fsp3) is 0.600. The van der Waals surface area contributed by atoms with Crippen LogP contribution in [0.1, 0.15) is 19.8 Å². The zero-order valence-electron chi connectivity index (χ0n) is 8.98.